The van der Waals surface area contributed by atoms with Crippen LogP contribution < -0.4 is 4.72 Å². The maximum Gasteiger partial charge on any atom is 0.269 e. The van der Waals surface area contributed by atoms with E-state index in [0.29, 0.717) is 5.56 Å². The molecule has 1 heterocycles. The fourth-order valence-electron chi connectivity index (χ4n) is 1.59. The highest BCUT2D eigenvalue weighted by molar-refractivity contribution is 7.89. The number of rotatable bonds is 5. The van der Waals surface area contributed by atoms with Crippen molar-refractivity contribution in [2.75, 3.05) is 0 Å². The summed E-state index contributed by atoms with van der Waals surface area (Å²) >= 11 is 5.65. The zero-order chi connectivity index (χ0) is 15.5. The first kappa shape index (κ1) is 15.4. The zero-order valence-electron chi connectivity index (χ0n) is 10.6. The molecule has 0 atom stereocenters. The van der Waals surface area contributed by atoms with E-state index in [0.717, 1.165) is 0 Å². The number of nitrogens with zero attached hydrogens (tertiary/aromatic N) is 2. The molecule has 2 rings (SSSR count). The molecule has 21 heavy (non-hydrogen) atoms. The fraction of sp³-hybridized carbons (Fsp3) is 0.0833. The van der Waals surface area contributed by atoms with Crippen LogP contribution in [0.2, 0.25) is 5.15 Å². The summed E-state index contributed by atoms with van der Waals surface area (Å²) < 4.78 is 26.4. The molecule has 0 bridgehead atoms. The minimum Gasteiger partial charge on any atom is -0.258 e. The number of non-ortho nitro benzene ring substituents is 1. The van der Waals surface area contributed by atoms with Crippen molar-refractivity contribution in [3.8, 4) is 0 Å². The Bertz CT molecular complexity index is 780. The molecule has 0 aliphatic rings. The van der Waals surface area contributed by atoms with Crippen molar-refractivity contribution in [2.24, 2.45) is 0 Å². The predicted molar refractivity (Wildman–Crippen MR) is 76.4 cm³/mol. The molecule has 9 heteroatoms. The van der Waals surface area contributed by atoms with E-state index in [4.69, 9.17) is 11.6 Å². The number of hydrogen-bond acceptors (Lipinski definition) is 5. The second kappa shape index (κ2) is 6.17. The van der Waals surface area contributed by atoms with E-state index in [-0.39, 0.29) is 22.3 Å². The van der Waals surface area contributed by atoms with Crippen molar-refractivity contribution in [1.82, 2.24) is 9.71 Å². The van der Waals surface area contributed by atoms with Crippen molar-refractivity contribution in [1.29, 1.82) is 0 Å². The Morgan fingerprint density at radius 3 is 2.71 bits per heavy atom. The van der Waals surface area contributed by atoms with E-state index in [1.165, 1.54) is 36.5 Å². The second-order valence-electron chi connectivity index (χ2n) is 4.07. The number of pyridine rings is 1. The summed E-state index contributed by atoms with van der Waals surface area (Å²) in [4.78, 5) is 13.8. The summed E-state index contributed by atoms with van der Waals surface area (Å²) in [6.45, 7) is -0.0655. The molecule has 0 aliphatic heterocycles. The predicted octanol–water partition coefficient (Wildman–Crippen LogP) is 2.12. The zero-order valence-corrected chi connectivity index (χ0v) is 12.1. The van der Waals surface area contributed by atoms with Gasteiger partial charge in [-0.25, -0.2) is 18.1 Å². The van der Waals surface area contributed by atoms with Gasteiger partial charge in [0, 0.05) is 24.9 Å². The van der Waals surface area contributed by atoms with E-state index < -0.39 is 14.9 Å². The molecule has 0 saturated carbocycles. The summed E-state index contributed by atoms with van der Waals surface area (Å²) in [5.41, 5.74) is 0.381. The maximum absolute atomic E-state index is 12.0. The molecule has 2 aromatic rings. The number of halogens is 1. The van der Waals surface area contributed by atoms with Gasteiger partial charge >= 0.3 is 0 Å². The number of benzene rings is 1. The number of nitro groups is 1. The molecule has 0 amide bonds. The number of sulfonamides is 1. The van der Waals surface area contributed by atoms with Crippen LogP contribution in [0.3, 0.4) is 0 Å². The van der Waals surface area contributed by atoms with Gasteiger partial charge in [0.05, 0.1) is 9.82 Å². The van der Waals surface area contributed by atoms with Crippen LogP contribution >= 0.6 is 11.6 Å². The monoisotopic (exact) mass is 327 g/mol. The lowest BCUT2D eigenvalue weighted by Crippen LogP contribution is -2.23. The molecule has 110 valence electrons. The van der Waals surface area contributed by atoms with Gasteiger partial charge < -0.3 is 0 Å². The van der Waals surface area contributed by atoms with Gasteiger partial charge in [-0.2, -0.15) is 0 Å². The maximum atomic E-state index is 12.0. The van der Waals surface area contributed by atoms with Crippen molar-refractivity contribution in [3.05, 3.63) is 63.4 Å². The number of aromatic nitrogens is 1. The molecule has 1 N–H and O–H groups in total. The van der Waals surface area contributed by atoms with Crippen LogP contribution in [0.1, 0.15) is 5.56 Å². The van der Waals surface area contributed by atoms with E-state index in [2.05, 4.69) is 9.71 Å². The molecular weight excluding hydrogens is 318 g/mol. The third-order valence-corrected chi connectivity index (χ3v) is 4.20. The van der Waals surface area contributed by atoms with Crippen molar-refractivity contribution >= 4 is 27.3 Å². The first-order valence-electron chi connectivity index (χ1n) is 5.73. The fourth-order valence-corrected chi connectivity index (χ4v) is 2.86. The molecular formula is C12H10ClN3O4S. The Morgan fingerprint density at radius 1 is 1.29 bits per heavy atom. The van der Waals surface area contributed by atoms with Gasteiger partial charge in [0.2, 0.25) is 10.0 Å². The third kappa shape index (κ3) is 3.97. The standard InChI is InChI=1S/C12H10ClN3O4S/c13-12-7-11(4-5-14-12)21(19,20)15-8-9-2-1-3-10(6-9)16(17)18/h1-7,15H,8H2. The van der Waals surface area contributed by atoms with Gasteiger partial charge in [-0.1, -0.05) is 23.7 Å². The van der Waals surface area contributed by atoms with E-state index >= 15 is 0 Å². The lowest BCUT2D eigenvalue weighted by atomic mass is 10.2. The second-order valence-corrected chi connectivity index (χ2v) is 6.22. The lowest BCUT2D eigenvalue weighted by Gasteiger charge is -2.07. The summed E-state index contributed by atoms with van der Waals surface area (Å²) in [6.07, 6.45) is 1.28. The summed E-state index contributed by atoms with van der Waals surface area (Å²) in [6, 6.07) is 8.25. The molecule has 0 fully saturated rings. The Morgan fingerprint density at radius 2 is 2.05 bits per heavy atom. The highest BCUT2D eigenvalue weighted by Gasteiger charge is 2.15. The van der Waals surface area contributed by atoms with Crippen molar-refractivity contribution < 1.29 is 13.3 Å². The van der Waals surface area contributed by atoms with Gasteiger partial charge in [-0.05, 0) is 17.7 Å². The largest absolute Gasteiger partial charge is 0.269 e. The summed E-state index contributed by atoms with van der Waals surface area (Å²) in [5, 5.41) is 10.7. The molecule has 1 aromatic heterocycles. The van der Waals surface area contributed by atoms with Crippen LogP contribution in [-0.4, -0.2) is 18.3 Å². The quantitative estimate of drug-likeness (QED) is 0.515. The number of nitro benzene ring substituents is 1. The van der Waals surface area contributed by atoms with Crippen LogP contribution in [0.25, 0.3) is 0 Å². The van der Waals surface area contributed by atoms with Gasteiger partial charge in [0.1, 0.15) is 5.15 Å². The normalized spacial score (nSPS) is 11.3. The van der Waals surface area contributed by atoms with E-state index in [1.54, 1.807) is 6.07 Å². The summed E-state index contributed by atoms with van der Waals surface area (Å²) in [5.74, 6) is 0. The minimum atomic E-state index is -3.76. The minimum absolute atomic E-state index is 0.0204. The van der Waals surface area contributed by atoms with Crippen molar-refractivity contribution in [3.63, 3.8) is 0 Å². The third-order valence-electron chi connectivity index (χ3n) is 2.60. The average Bonchev–Trinajstić information content (AvgIpc) is 2.45. The molecule has 1 aromatic carbocycles. The van der Waals surface area contributed by atoms with E-state index in [1.807, 2.05) is 0 Å². The average molecular weight is 328 g/mol. The molecule has 0 radical (unpaired) electrons. The SMILES string of the molecule is O=[N+]([O-])c1cccc(CNS(=O)(=O)c2ccnc(Cl)c2)c1. The number of nitrogens with one attached hydrogen (secondary N) is 1. The van der Waals surface area contributed by atoms with Crippen LogP contribution in [0, 0.1) is 10.1 Å². The molecule has 0 aliphatic carbocycles. The van der Waals surface area contributed by atoms with E-state index in [9.17, 15) is 18.5 Å². The molecule has 0 saturated heterocycles. The van der Waals surface area contributed by atoms with Crippen LogP contribution in [0.4, 0.5) is 5.69 Å². The smallest absolute Gasteiger partial charge is 0.258 e. The Balaban J connectivity index is 2.15. The van der Waals surface area contributed by atoms with Gasteiger partial charge in [-0.15, -0.1) is 0 Å². The lowest BCUT2D eigenvalue weighted by molar-refractivity contribution is -0.384. The van der Waals surface area contributed by atoms with Gasteiger partial charge in [0.25, 0.3) is 5.69 Å². The van der Waals surface area contributed by atoms with Crippen LogP contribution in [-0.2, 0) is 16.6 Å². The highest BCUT2D eigenvalue weighted by Crippen LogP contribution is 2.15. The highest BCUT2D eigenvalue weighted by atomic mass is 35.5. The Labute approximate surface area is 125 Å². The Hall–Kier alpha value is -2.03. The van der Waals surface area contributed by atoms with Crippen LogP contribution in [0.15, 0.2) is 47.5 Å². The number of hydrogen-bond donors (Lipinski definition) is 1. The molecule has 0 unspecified atom stereocenters. The first-order valence-corrected chi connectivity index (χ1v) is 7.59. The Kier molecular flexibility index (Phi) is 4.51. The van der Waals surface area contributed by atoms with Crippen molar-refractivity contribution in [2.45, 2.75) is 11.4 Å². The molecule has 0 spiro atoms. The van der Waals surface area contributed by atoms with Gasteiger partial charge in [-0.3, -0.25) is 10.1 Å². The summed E-state index contributed by atoms with van der Waals surface area (Å²) in [7, 11) is -3.76. The first-order chi connectivity index (χ1) is 9.88. The topological polar surface area (TPSA) is 102 Å². The van der Waals surface area contributed by atoms with Gasteiger partial charge in [0.15, 0.2) is 0 Å². The van der Waals surface area contributed by atoms with Crippen LogP contribution in [0.5, 0.6) is 0 Å². The molecule has 7 nitrogen and oxygen atoms in total.